The molecule has 4 heteroatoms. The molecular weight excluding hydrogens is 374 g/mol. The second kappa shape index (κ2) is 22.6. The Morgan fingerprint density at radius 3 is 1.70 bits per heavy atom. The maximum absolute atomic E-state index is 11.8. The van der Waals surface area contributed by atoms with Crippen molar-refractivity contribution in [3.63, 3.8) is 0 Å². The first-order chi connectivity index (χ1) is 14.6. The van der Waals surface area contributed by atoms with Gasteiger partial charge in [0, 0.05) is 18.7 Å². The number of carbonyl (C=O) groups is 1. The third-order valence-electron chi connectivity index (χ3n) is 5.53. The molecule has 0 aliphatic heterocycles. The maximum Gasteiger partial charge on any atom is 0.333 e. The Bertz CT molecular complexity index is 423. The van der Waals surface area contributed by atoms with E-state index < -0.39 is 0 Å². The minimum absolute atomic E-state index is 0.344. The molecule has 0 saturated heterocycles. The van der Waals surface area contributed by atoms with E-state index in [2.05, 4.69) is 20.1 Å². The van der Waals surface area contributed by atoms with Crippen LogP contribution in [0.1, 0.15) is 116 Å². The molecule has 0 aromatic heterocycles. The highest BCUT2D eigenvalue weighted by Gasteiger charge is 2.09. The molecule has 0 unspecified atom stereocenters. The van der Waals surface area contributed by atoms with E-state index in [1.807, 2.05) is 0 Å². The monoisotopic (exact) mass is 423 g/mol. The van der Waals surface area contributed by atoms with Crippen molar-refractivity contribution in [3.05, 3.63) is 24.8 Å². The number of hydroxylamine groups is 2. The molecule has 0 aliphatic rings. The number of unbranched alkanes of at least 4 members (excludes halogenated alkanes) is 15. The first kappa shape index (κ1) is 28.9. The van der Waals surface area contributed by atoms with E-state index in [0.29, 0.717) is 31.7 Å². The van der Waals surface area contributed by atoms with Gasteiger partial charge >= 0.3 is 5.97 Å². The number of rotatable bonds is 23. The molecule has 0 aromatic carbocycles. The van der Waals surface area contributed by atoms with E-state index in [0.717, 1.165) is 17.9 Å². The van der Waals surface area contributed by atoms with E-state index in [9.17, 15) is 10.0 Å². The lowest BCUT2D eigenvalue weighted by atomic mass is 10.0. The number of nitrogens with zero attached hydrogens (tertiary/aromatic N) is 1. The molecule has 30 heavy (non-hydrogen) atoms. The first-order valence-electron chi connectivity index (χ1n) is 12.5. The molecule has 0 spiro atoms. The highest BCUT2D eigenvalue weighted by Crippen LogP contribution is 2.14. The van der Waals surface area contributed by atoms with Gasteiger partial charge in [-0.15, -0.1) is 6.58 Å². The molecule has 0 heterocycles. The predicted molar refractivity (Wildman–Crippen MR) is 128 cm³/mol. The van der Waals surface area contributed by atoms with Gasteiger partial charge in [0.2, 0.25) is 0 Å². The Morgan fingerprint density at radius 2 is 1.27 bits per heavy atom. The summed E-state index contributed by atoms with van der Waals surface area (Å²) >= 11 is 0. The van der Waals surface area contributed by atoms with Crippen LogP contribution in [0.25, 0.3) is 0 Å². The third-order valence-corrected chi connectivity index (χ3v) is 5.53. The predicted octanol–water partition coefficient (Wildman–Crippen LogP) is 7.61. The largest absolute Gasteiger partial charge is 0.462 e. The van der Waals surface area contributed by atoms with Crippen molar-refractivity contribution in [3.8, 4) is 0 Å². The van der Waals surface area contributed by atoms with Crippen LogP contribution in [0.3, 0.4) is 0 Å². The first-order valence-corrected chi connectivity index (χ1v) is 12.5. The van der Waals surface area contributed by atoms with Crippen molar-refractivity contribution in [2.75, 3.05) is 19.7 Å². The minimum atomic E-state index is -0.344. The van der Waals surface area contributed by atoms with E-state index in [1.54, 1.807) is 6.08 Å². The average molecular weight is 424 g/mol. The SMILES string of the molecule is C=CCN(O)CCC(=C)C(=O)OCCCCCCCCCCCCCCCCCC. The van der Waals surface area contributed by atoms with Crippen molar-refractivity contribution < 1.29 is 14.7 Å². The number of hydrogen-bond acceptors (Lipinski definition) is 4. The molecule has 0 saturated carbocycles. The van der Waals surface area contributed by atoms with Gasteiger partial charge in [-0.1, -0.05) is 116 Å². The van der Waals surface area contributed by atoms with Gasteiger partial charge < -0.3 is 9.94 Å². The third kappa shape index (κ3) is 20.2. The van der Waals surface area contributed by atoms with Gasteiger partial charge in [0.25, 0.3) is 0 Å². The summed E-state index contributed by atoms with van der Waals surface area (Å²) in [5.74, 6) is -0.344. The van der Waals surface area contributed by atoms with Crippen LogP contribution in [-0.2, 0) is 9.53 Å². The van der Waals surface area contributed by atoms with Gasteiger partial charge in [-0.3, -0.25) is 0 Å². The molecule has 0 aliphatic carbocycles. The highest BCUT2D eigenvalue weighted by atomic mass is 16.5. The van der Waals surface area contributed by atoms with Crippen molar-refractivity contribution in [1.29, 1.82) is 0 Å². The van der Waals surface area contributed by atoms with Crippen molar-refractivity contribution in [2.45, 2.75) is 116 Å². The van der Waals surface area contributed by atoms with Crippen LogP contribution in [0, 0.1) is 0 Å². The molecule has 1 N–H and O–H groups in total. The maximum atomic E-state index is 11.8. The number of hydrogen-bond donors (Lipinski definition) is 1. The fourth-order valence-corrected chi connectivity index (χ4v) is 3.52. The smallest absolute Gasteiger partial charge is 0.333 e. The Balaban J connectivity index is 3.29. The van der Waals surface area contributed by atoms with Gasteiger partial charge in [0.05, 0.1) is 6.61 Å². The highest BCUT2D eigenvalue weighted by molar-refractivity contribution is 5.87. The van der Waals surface area contributed by atoms with Crippen LogP contribution in [0.15, 0.2) is 24.8 Å². The van der Waals surface area contributed by atoms with E-state index in [1.165, 1.54) is 89.9 Å². The molecule has 176 valence electrons. The van der Waals surface area contributed by atoms with Gasteiger partial charge in [0.15, 0.2) is 0 Å². The number of esters is 1. The van der Waals surface area contributed by atoms with Gasteiger partial charge in [-0.25, -0.2) is 4.79 Å². The zero-order valence-electron chi connectivity index (χ0n) is 19.8. The lowest BCUT2D eigenvalue weighted by molar-refractivity contribution is -0.139. The van der Waals surface area contributed by atoms with Crippen LogP contribution >= 0.6 is 0 Å². The molecule has 0 aromatic rings. The second-order valence-corrected chi connectivity index (χ2v) is 8.49. The van der Waals surface area contributed by atoms with Crippen molar-refractivity contribution in [2.24, 2.45) is 0 Å². The molecule has 0 radical (unpaired) electrons. The lowest BCUT2D eigenvalue weighted by Gasteiger charge is -2.12. The quantitative estimate of drug-likeness (QED) is 0.0604. The summed E-state index contributed by atoms with van der Waals surface area (Å²) in [5, 5.41) is 10.6. The zero-order valence-corrected chi connectivity index (χ0v) is 19.8. The Hall–Kier alpha value is -1.13. The Kier molecular flexibility index (Phi) is 21.7. The summed E-state index contributed by atoms with van der Waals surface area (Å²) in [6.07, 6.45) is 23.3. The van der Waals surface area contributed by atoms with Crippen LogP contribution in [-0.4, -0.2) is 35.9 Å². The second-order valence-electron chi connectivity index (χ2n) is 8.49. The van der Waals surface area contributed by atoms with Crippen LogP contribution in [0.5, 0.6) is 0 Å². The van der Waals surface area contributed by atoms with Crippen LogP contribution < -0.4 is 0 Å². The topological polar surface area (TPSA) is 49.8 Å². The standard InChI is InChI=1S/C26H49NO3/c1-4-6-7-8-9-10-11-12-13-14-15-16-17-18-19-20-24-30-26(28)25(3)21-23-27(29)22-5-2/h5,29H,2-4,6-24H2,1H3. The Morgan fingerprint density at radius 1 is 0.833 bits per heavy atom. The van der Waals surface area contributed by atoms with Gasteiger partial charge in [-0.05, 0) is 12.8 Å². The summed E-state index contributed by atoms with van der Waals surface area (Å²) in [6.45, 7) is 10.8. The van der Waals surface area contributed by atoms with Crippen molar-refractivity contribution in [1.82, 2.24) is 5.06 Å². The van der Waals surface area contributed by atoms with E-state index in [4.69, 9.17) is 4.74 Å². The van der Waals surface area contributed by atoms with Crippen molar-refractivity contribution >= 4 is 5.97 Å². The minimum Gasteiger partial charge on any atom is -0.462 e. The summed E-state index contributed by atoms with van der Waals surface area (Å²) in [5.41, 5.74) is 0.412. The Labute approximate surface area is 186 Å². The van der Waals surface area contributed by atoms with E-state index in [-0.39, 0.29) is 5.97 Å². The molecule has 0 rings (SSSR count). The summed E-state index contributed by atoms with van der Waals surface area (Å²) in [7, 11) is 0. The van der Waals surface area contributed by atoms with Crippen LogP contribution in [0.4, 0.5) is 0 Å². The average Bonchev–Trinajstić information content (AvgIpc) is 2.74. The zero-order chi connectivity index (χ0) is 22.3. The number of carbonyl (C=O) groups excluding carboxylic acids is 1. The molecule has 0 fully saturated rings. The summed E-state index contributed by atoms with van der Waals surface area (Å²) in [4.78, 5) is 11.8. The normalized spacial score (nSPS) is 11.0. The molecule has 0 atom stereocenters. The fourth-order valence-electron chi connectivity index (χ4n) is 3.52. The summed E-state index contributed by atoms with van der Waals surface area (Å²) < 4.78 is 5.26. The number of ether oxygens (including phenoxy) is 1. The summed E-state index contributed by atoms with van der Waals surface area (Å²) in [6, 6.07) is 0. The van der Waals surface area contributed by atoms with Crippen LogP contribution in [0.2, 0.25) is 0 Å². The van der Waals surface area contributed by atoms with Gasteiger partial charge in [-0.2, -0.15) is 5.06 Å². The molecule has 0 bridgehead atoms. The fraction of sp³-hybridized carbons (Fsp3) is 0.808. The lowest BCUT2D eigenvalue weighted by Crippen LogP contribution is -2.22. The molecule has 0 amide bonds. The van der Waals surface area contributed by atoms with Gasteiger partial charge in [0.1, 0.15) is 0 Å². The van der Waals surface area contributed by atoms with E-state index >= 15 is 0 Å². The molecule has 4 nitrogen and oxygen atoms in total. The molecular formula is C26H49NO3.